The molecule has 1 amide bonds. The van der Waals surface area contributed by atoms with Crippen LogP contribution in [0, 0.1) is 13.8 Å². The predicted octanol–water partition coefficient (Wildman–Crippen LogP) is 2.85. The van der Waals surface area contributed by atoms with Crippen molar-refractivity contribution in [3.63, 3.8) is 0 Å². The van der Waals surface area contributed by atoms with Crippen molar-refractivity contribution in [2.75, 3.05) is 11.3 Å². The molecular weight excluding hydrogens is 312 g/mol. The van der Waals surface area contributed by atoms with Crippen molar-refractivity contribution in [1.29, 1.82) is 0 Å². The van der Waals surface area contributed by atoms with E-state index in [1.807, 2.05) is 13.8 Å². The third-order valence-corrected chi connectivity index (χ3v) is 4.79. The first kappa shape index (κ1) is 17.0. The van der Waals surface area contributed by atoms with Gasteiger partial charge in [-0.2, -0.15) is 0 Å². The van der Waals surface area contributed by atoms with Crippen LogP contribution in [0.3, 0.4) is 0 Å². The Hall–Kier alpha value is -2.34. The first-order valence-electron chi connectivity index (χ1n) is 7.32. The van der Waals surface area contributed by atoms with Crippen LogP contribution in [0.25, 0.3) is 0 Å². The number of hydrogen-bond acceptors (Lipinski definition) is 3. The largest absolute Gasteiger partial charge is 0.352 e. The van der Waals surface area contributed by atoms with Crippen molar-refractivity contribution in [2.45, 2.75) is 25.7 Å². The molecule has 0 heterocycles. The molecule has 2 aromatic rings. The fraction of sp³-hybridized carbons (Fsp3) is 0.235. The average Bonchev–Trinajstić information content (AvgIpc) is 2.50. The maximum atomic E-state index is 12.5. The van der Waals surface area contributed by atoms with Gasteiger partial charge in [-0.05, 0) is 50.6 Å². The summed E-state index contributed by atoms with van der Waals surface area (Å²) in [5, 5.41) is 2.69. The molecule has 5 nitrogen and oxygen atoms in total. The second-order valence-corrected chi connectivity index (χ2v) is 6.99. The quantitative estimate of drug-likeness (QED) is 0.884. The van der Waals surface area contributed by atoms with E-state index in [1.165, 1.54) is 0 Å². The van der Waals surface area contributed by atoms with Crippen molar-refractivity contribution in [3.8, 4) is 0 Å². The van der Waals surface area contributed by atoms with Crippen LogP contribution in [-0.4, -0.2) is 20.9 Å². The van der Waals surface area contributed by atoms with E-state index < -0.39 is 10.0 Å². The van der Waals surface area contributed by atoms with Gasteiger partial charge in [-0.15, -0.1) is 0 Å². The van der Waals surface area contributed by atoms with Gasteiger partial charge in [-0.3, -0.25) is 9.52 Å². The van der Waals surface area contributed by atoms with Crippen molar-refractivity contribution in [3.05, 3.63) is 59.2 Å². The van der Waals surface area contributed by atoms with E-state index in [0.29, 0.717) is 17.8 Å². The van der Waals surface area contributed by atoms with Gasteiger partial charge in [0.25, 0.3) is 15.9 Å². The first-order valence-corrected chi connectivity index (χ1v) is 8.80. The summed E-state index contributed by atoms with van der Waals surface area (Å²) in [7, 11) is -3.69. The number of benzene rings is 2. The molecule has 6 heteroatoms. The Morgan fingerprint density at radius 3 is 2.30 bits per heavy atom. The number of rotatable bonds is 5. The molecule has 0 aliphatic carbocycles. The van der Waals surface area contributed by atoms with Gasteiger partial charge in [-0.1, -0.05) is 23.8 Å². The van der Waals surface area contributed by atoms with Crippen LogP contribution in [0.2, 0.25) is 0 Å². The highest BCUT2D eigenvalue weighted by Gasteiger charge is 2.16. The Labute approximate surface area is 136 Å². The van der Waals surface area contributed by atoms with E-state index in [2.05, 4.69) is 10.0 Å². The van der Waals surface area contributed by atoms with E-state index in [1.54, 1.807) is 49.4 Å². The summed E-state index contributed by atoms with van der Waals surface area (Å²) < 4.78 is 27.5. The summed E-state index contributed by atoms with van der Waals surface area (Å²) in [6, 6.07) is 11.5. The van der Waals surface area contributed by atoms with Crippen molar-refractivity contribution in [2.24, 2.45) is 0 Å². The number of anilines is 1. The summed E-state index contributed by atoms with van der Waals surface area (Å²) in [6.45, 7) is 6.02. The molecule has 2 rings (SSSR count). The Morgan fingerprint density at radius 1 is 1.04 bits per heavy atom. The van der Waals surface area contributed by atoms with Crippen LogP contribution in [0.15, 0.2) is 47.4 Å². The number of nitrogens with one attached hydrogen (secondary N) is 2. The van der Waals surface area contributed by atoms with Crippen LogP contribution in [-0.2, 0) is 10.0 Å². The summed E-state index contributed by atoms with van der Waals surface area (Å²) in [5.74, 6) is -0.233. The molecule has 0 radical (unpaired) electrons. The van der Waals surface area contributed by atoms with E-state index in [4.69, 9.17) is 0 Å². The highest BCUT2D eigenvalue weighted by Crippen LogP contribution is 2.21. The van der Waals surface area contributed by atoms with Crippen molar-refractivity contribution in [1.82, 2.24) is 5.32 Å². The average molecular weight is 332 g/mol. The molecule has 0 fully saturated rings. The molecule has 0 saturated heterocycles. The lowest BCUT2D eigenvalue weighted by Gasteiger charge is -2.12. The zero-order chi connectivity index (χ0) is 17.0. The Balaban J connectivity index is 2.33. The maximum Gasteiger partial charge on any atom is 0.261 e. The Morgan fingerprint density at radius 2 is 1.70 bits per heavy atom. The topological polar surface area (TPSA) is 75.3 Å². The Kier molecular flexibility index (Phi) is 5.05. The molecule has 2 aromatic carbocycles. The van der Waals surface area contributed by atoms with Crippen molar-refractivity contribution < 1.29 is 13.2 Å². The maximum absolute atomic E-state index is 12.5. The first-order chi connectivity index (χ1) is 10.8. The predicted molar refractivity (Wildman–Crippen MR) is 91.2 cm³/mol. The normalized spacial score (nSPS) is 11.1. The van der Waals surface area contributed by atoms with Crippen LogP contribution in [0.1, 0.15) is 28.4 Å². The van der Waals surface area contributed by atoms with Crippen LogP contribution >= 0.6 is 0 Å². The molecule has 0 aromatic heterocycles. The fourth-order valence-corrected chi connectivity index (χ4v) is 3.18. The summed E-state index contributed by atoms with van der Waals surface area (Å²) in [4.78, 5) is 12.1. The summed E-state index contributed by atoms with van der Waals surface area (Å²) in [5.41, 5.74) is 2.54. The monoisotopic (exact) mass is 332 g/mol. The van der Waals surface area contributed by atoms with Gasteiger partial charge in [0.15, 0.2) is 0 Å². The molecule has 0 unspecified atom stereocenters. The van der Waals surface area contributed by atoms with Crippen LogP contribution in [0.4, 0.5) is 5.69 Å². The smallest absolute Gasteiger partial charge is 0.261 e. The third-order valence-electron chi connectivity index (χ3n) is 3.41. The molecule has 122 valence electrons. The zero-order valence-corrected chi connectivity index (χ0v) is 14.2. The highest BCUT2D eigenvalue weighted by molar-refractivity contribution is 7.92. The van der Waals surface area contributed by atoms with Crippen molar-refractivity contribution >= 4 is 21.6 Å². The van der Waals surface area contributed by atoms with Gasteiger partial charge in [0.05, 0.1) is 10.6 Å². The summed E-state index contributed by atoms with van der Waals surface area (Å²) >= 11 is 0. The van der Waals surface area contributed by atoms with Gasteiger partial charge in [0.1, 0.15) is 0 Å². The fourth-order valence-electron chi connectivity index (χ4n) is 2.06. The standard InChI is InChI=1S/C17H20N2O3S/c1-4-18-17(20)14-8-7-13(3)16(11-14)19-23(21,22)15-9-5-12(2)6-10-15/h5-11,19H,4H2,1-3H3,(H,18,20). The molecule has 23 heavy (non-hydrogen) atoms. The number of hydrogen-bond donors (Lipinski definition) is 2. The van der Waals surface area contributed by atoms with Gasteiger partial charge in [0, 0.05) is 12.1 Å². The number of carbonyl (C=O) groups is 1. The second-order valence-electron chi connectivity index (χ2n) is 5.31. The van der Waals surface area contributed by atoms with E-state index in [-0.39, 0.29) is 10.8 Å². The Bertz CT molecular complexity index is 812. The molecule has 0 aliphatic rings. The lowest BCUT2D eigenvalue weighted by Crippen LogP contribution is -2.23. The molecular formula is C17H20N2O3S. The lowest BCUT2D eigenvalue weighted by molar-refractivity contribution is 0.0956. The molecule has 0 aliphatic heterocycles. The van der Waals surface area contributed by atoms with Gasteiger partial charge in [0.2, 0.25) is 0 Å². The molecule has 0 saturated carbocycles. The second kappa shape index (κ2) is 6.83. The van der Waals surface area contributed by atoms with Crippen LogP contribution < -0.4 is 10.0 Å². The highest BCUT2D eigenvalue weighted by atomic mass is 32.2. The minimum atomic E-state index is -3.69. The number of aryl methyl sites for hydroxylation is 2. The molecule has 2 N–H and O–H groups in total. The third kappa shape index (κ3) is 4.10. The molecule has 0 bridgehead atoms. The molecule has 0 atom stereocenters. The van der Waals surface area contributed by atoms with E-state index in [0.717, 1.165) is 11.1 Å². The summed E-state index contributed by atoms with van der Waals surface area (Å²) in [6.07, 6.45) is 0. The van der Waals surface area contributed by atoms with Gasteiger partial charge in [-0.25, -0.2) is 8.42 Å². The molecule has 0 spiro atoms. The van der Waals surface area contributed by atoms with Crippen LogP contribution in [0.5, 0.6) is 0 Å². The number of sulfonamides is 1. The van der Waals surface area contributed by atoms with Gasteiger partial charge >= 0.3 is 0 Å². The minimum absolute atomic E-state index is 0.186. The van der Waals surface area contributed by atoms with E-state index >= 15 is 0 Å². The van der Waals surface area contributed by atoms with Gasteiger partial charge < -0.3 is 5.32 Å². The number of amides is 1. The zero-order valence-electron chi connectivity index (χ0n) is 13.4. The SMILES string of the molecule is CCNC(=O)c1ccc(C)c(NS(=O)(=O)c2ccc(C)cc2)c1. The number of carbonyl (C=O) groups excluding carboxylic acids is 1. The minimum Gasteiger partial charge on any atom is -0.352 e. The lowest BCUT2D eigenvalue weighted by atomic mass is 10.1. The van der Waals surface area contributed by atoms with E-state index in [9.17, 15) is 13.2 Å².